The molecule has 0 aliphatic rings. The topological polar surface area (TPSA) is 29.1 Å². The maximum atomic E-state index is 12.7. The number of nitrogens with one attached hydrogen (secondary N) is 1. The molecule has 2 aromatic rings. The van der Waals surface area contributed by atoms with Gasteiger partial charge in [-0.05, 0) is 46.3 Å². The van der Waals surface area contributed by atoms with E-state index in [1.807, 2.05) is 0 Å². The first kappa shape index (κ1) is 15.5. The van der Waals surface area contributed by atoms with E-state index in [9.17, 15) is 18.0 Å². The summed E-state index contributed by atoms with van der Waals surface area (Å²) in [6.07, 6.45) is -4.46. The molecule has 0 saturated carbocycles. The van der Waals surface area contributed by atoms with Crippen molar-refractivity contribution in [3.8, 4) is 0 Å². The second kappa shape index (κ2) is 5.87. The van der Waals surface area contributed by atoms with Crippen LogP contribution in [0.15, 0.2) is 38.6 Å². The second-order valence-electron chi connectivity index (χ2n) is 3.78. The van der Waals surface area contributed by atoms with Crippen molar-refractivity contribution in [1.82, 2.24) is 0 Å². The van der Waals surface area contributed by atoms with Crippen LogP contribution in [0.25, 0.3) is 0 Å². The van der Waals surface area contributed by atoms with Crippen LogP contribution in [0, 0.1) is 0 Å². The van der Waals surface area contributed by atoms with E-state index in [4.69, 9.17) is 0 Å². The lowest BCUT2D eigenvalue weighted by Crippen LogP contribution is -2.12. The molecule has 1 aromatic heterocycles. The minimum Gasteiger partial charge on any atom is -0.321 e. The summed E-state index contributed by atoms with van der Waals surface area (Å²) in [6.45, 7) is 0. The van der Waals surface area contributed by atoms with Crippen LogP contribution >= 0.6 is 43.2 Å². The molecule has 0 bridgehead atoms. The van der Waals surface area contributed by atoms with Crippen LogP contribution in [0.1, 0.15) is 15.2 Å². The van der Waals surface area contributed by atoms with Crippen LogP contribution in [0.5, 0.6) is 0 Å². The van der Waals surface area contributed by atoms with Crippen molar-refractivity contribution in [3.63, 3.8) is 0 Å². The molecule has 0 fully saturated rings. The van der Waals surface area contributed by atoms with Crippen molar-refractivity contribution in [2.24, 2.45) is 0 Å². The van der Waals surface area contributed by atoms with E-state index in [0.29, 0.717) is 4.88 Å². The van der Waals surface area contributed by atoms with Gasteiger partial charge in [-0.3, -0.25) is 4.79 Å². The Bertz CT molecular complexity index is 654. The Morgan fingerprint density at radius 2 is 1.85 bits per heavy atom. The molecule has 1 aromatic carbocycles. The van der Waals surface area contributed by atoms with E-state index >= 15 is 0 Å². The van der Waals surface area contributed by atoms with Crippen LogP contribution in [0.3, 0.4) is 0 Å². The van der Waals surface area contributed by atoms with Gasteiger partial charge in [-0.1, -0.05) is 15.9 Å². The standard InChI is InChI=1S/C12H6Br2F3NOS/c13-7-3-6(12(15,16)17)4-8(5-7)18-11(19)9-1-2-10(14)20-9/h1-5H,(H,18,19). The molecular formula is C12H6Br2F3NOS. The zero-order valence-corrected chi connectivity index (χ0v) is 13.6. The number of alkyl halides is 3. The highest BCUT2D eigenvalue weighted by molar-refractivity contribution is 9.11. The molecule has 0 spiro atoms. The Kier molecular flexibility index (Phi) is 4.55. The van der Waals surface area contributed by atoms with Gasteiger partial charge in [-0.25, -0.2) is 0 Å². The minimum absolute atomic E-state index is 0.0845. The minimum atomic E-state index is -4.46. The zero-order chi connectivity index (χ0) is 14.9. The van der Waals surface area contributed by atoms with E-state index in [-0.39, 0.29) is 10.2 Å². The number of hydrogen-bond acceptors (Lipinski definition) is 2. The smallest absolute Gasteiger partial charge is 0.321 e. The van der Waals surface area contributed by atoms with Crippen LogP contribution in [-0.2, 0) is 6.18 Å². The molecule has 0 aliphatic carbocycles. The van der Waals surface area contributed by atoms with Gasteiger partial charge in [0.05, 0.1) is 14.2 Å². The van der Waals surface area contributed by atoms with Crippen LogP contribution in [-0.4, -0.2) is 5.91 Å². The summed E-state index contributed by atoms with van der Waals surface area (Å²) < 4.78 is 39.0. The number of carbonyl (C=O) groups excluding carboxylic acids is 1. The highest BCUT2D eigenvalue weighted by atomic mass is 79.9. The van der Waals surface area contributed by atoms with E-state index in [1.54, 1.807) is 12.1 Å². The maximum Gasteiger partial charge on any atom is 0.416 e. The Labute approximate surface area is 133 Å². The number of halogens is 5. The van der Waals surface area contributed by atoms with Gasteiger partial charge in [0.2, 0.25) is 0 Å². The van der Waals surface area contributed by atoms with Crippen molar-refractivity contribution in [2.75, 3.05) is 5.32 Å². The van der Waals surface area contributed by atoms with Gasteiger partial charge in [-0.2, -0.15) is 13.2 Å². The summed E-state index contributed by atoms with van der Waals surface area (Å²) in [4.78, 5) is 12.3. The van der Waals surface area contributed by atoms with Crippen molar-refractivity contribution < 1.29 is 18.0 Å². The fourth-order valence-corrected chi connectivity index (χ4v) is 3.23. The third-order valence-electron chi connectivity index (χ3n) is 2.28. The van der Waals surface area contributed by atoms with E-state index in [1.165, 1.54) is 17.4 Å². The number of benzene rings is 1. The average Bonchev–Trinajstić information content (AvgIpc) is 2.74. The molecule has 2 nitrogen and oxygen atoms in total. The summed E-state index contributed by atoms with van der Waals surface area (Å²) in [5.41, 5.74) is -0.740. The van der Waals surface area contributed by atoms with Gasteiger partial charge < -0.3 is 5.32 Å². The zero-order valence-electron chi connectivity index (χ0n) is 9.59. The highest BCUT2D eigenvalue weighted by Gasteiger charge is 2.31. The summed E-state index contributed by atoms with van der Waals surface area (Å²) in [5, 5.41) is 2.45. The number of carbonyl (C=O) groups is 1. The van der Waals surface area contributed by atoms with Gasteiger partial charge in [0.15, 0.2) is 0 Å². The van der Waals surface area contributed by atoms with E-state index in [2.05, 4.69) is 37.2 Å². The Hall–Kier alpha value is -0.860. The lowest BCUT2D eigenvalue weighted by molar-refractivity contribution is -0.137. The average molecular weight is 429 g/mol. The number of anilines is 1. The Morgan fingerprint density at radius 1 is 1.15 bits per heavy atom. The lowest BCUT2D eigenvalue weighted by Gasteiger charge is -2.10. The molecule has 0 saturated heterocycles. The first-order valence-electron chi connectivity index (χ1n) is 5.20. The summed E-state index contributed by atoms with van der Waals surface area (Å²) in [5.74, 6) is -0.452. The molecule has 1 amide bonds. The number of rotatable bonds is 2. The van der Waals surface area contributed by atoms with Crippen LogP contribution < -0.4 is 5.32 Å². The molecule has 0 unspecified atom stereocenters. The van der Waals surface area contributed by atoms with Crippen molar-refractivity contribution in [2.45, 2.75) is 6.18 Å². The predicted molar refractivity (Wildman–Crippen MR) is 79.1 cm³/mol. The van der Waals surface area contributed by atoms with Gasteiger partial charge in [-0.15, -0.1) is 11.3 Å². The molecule has 1 heterocycles. The normalized spacial score (nSPS) is 11.4. The third kappa shape index (κ3) is 3.83. The predicted octanol–water partition coefficient (Wildman–Crippen LogP) is 5.54. The Morgan fingerprint density at radius 3 is 2.40 bits per heavy atom. The third-order valence-corrected chi connectivity index (χ3v) is 4.36. The quantitative estimate of drug-likeness (QED) is 0.668. The number of thiophene rings is 1. The van der Waals surface area contributed by atoms with E-state index < -0.39 is 17.6 Å². The first-order valence-corrected chi connectivity index (χ1v) is 7.60. The largest absolute Gasteiger partial charge is 0.416 e. The molecule has 0 atom stereocenters. The van der Waals surface area contributed by atoms with Gasteiger partial charge in [0, 0.05) is 10.2 Å². The molecule has 1 N–H and O–H groups in total. The van der Waals surface area contributed by atoms with Gasteiger partial charge >= 0.3 is 6.18 Å². The lowest BCUT2D eigenvalue weighted by atomic mass is 10.2. The van der Waals surface area contributed by atoms with Crippen LogP contribution in [0.2, 0.25) is 0 Å². The van der Waals surface area contributed by atoms with Gasteiger partial charge in [0.1, 0.15) is 0 Å². The SMILES string of the molecule is O=C(Nc1cc(Br)cc(C(F)(F)F)c1)c1ccc(Br)s1. The van der Waals surface area contributed by atoms with Gasteiger partial charge in [0.25, 0.3) is 5.91 Å². The van der Waals surface area contributed by atoms with Crippen molar-refractivity contribution >= 4 is 54.8 Å². The van der Waals surface area contributed by atoms with Crippen molar-refractivity contribution in [1.29, 1.82) is 0 Å². The molecule has 0 radical (unpaired) electrons. The maximum absolute atomic E-state index is 12.7. The highest BCUT2D eigenvalue weighted by Crippen LogP contribution is 2.33. The van der Waals surface area contributed by atoms with Crippen molar-refractivity contribution in [3.05, 3.63) is 49.0 Å². The molecule has 2 rings (SSSR count). The molecular weight excluding hydrogens is 423 g/mol. The van der Waals surface area contributed by atoms with Crippen LogP contribution in [0.4, 0.5) is 18.9 Å². The summed E-state index contributed by atoms with van der Waals surface area (Å²) >= 11 is 7.42. The molecule has 8 heteroatoms. The number of amides is 1. The summed E-state index contributed by atoms with van der Waals surface area (Å²) in [6, 6.07) is 6.55. The molecule has 106 valence electrons. The monoisotopic (exact) mass is 427 g/mol. The number of hydrogen-bond donors (Lipinski definition) is 1. The molecule has 0 aliphatic heterocycles. The fourth-order valence-electron chi connectivity index (χ4n) is 1.45. The first-order chi connectivity index (χ1) is 9.25. The summed E-state index contributed by atoms with van der Waals surface area (Å²) in [7, 11) is 0. The van der Waals surface area contributed by atoms with E-state index in [0.717, 1.165) is 15.9 Å². The molecule has 20 heavy (non-hydrogen) atoms. The second-order valence-corrected chi connectivity index (χ2v) is 7.16. The fraction of sp³-hybridized carbons (Fsp3) is 0.0833. The Balaban J connectivity index is 2.25.